The Morgan fingerprint density at radius 2 is 1.31 bits per heavy atom. The molecule has 202 valence electrons. The third-order valence-electron chi connectivity index (χ3n) is 4.04. The number of imide groups is 2. The molecule has 0 saturated heterocycles. The molecule has 11 heteroatoms. The van der Waals surface area contributed by atoms with E-state index in [9.17, 15) is 19.2 Å². The molecule has 0 fully saturated rings. The lowest BCUT2D eigenvalue weighted by Gasteiger charge is -2.12. The second-order valence-corrected chi connectivity index (χ2v) is 11.2. The zero-order chi connectivity index (χ0) is 26.5. The molecular weight excluding hydrogens is 535 g/mol. The highest BCUT2D eigenvalue weighted by Crippen LogP contribution is 2.27. The van der Waals surface area contributed by atoms with Crippen LogP contribution in [0, 0.1) is 0 Å². The molecule has 2 aliphatic heterocycles. The summed E-state index contributed by atoms with van der Waals surface area (Å²) in [6, 6.07) is 5.96. The number of likely N-dealkylation sites (N-methyl/N-ethyl adjacent to an activating group) is 1. The van der Waals surface area contributed by atoms with Crippen LogP contribution in [0.4, 0.5) is 0 Å². The van der Waals surface area contributed by atoms with Crippen LogP contribution in [0.15, 0.2) is 53.7 Å². The van der Waals surface area contributed by atoms with Crippen molar-refractivity contribution < 1.29 is 19.2 Å². The number of nitrogens with zero attached hydrogens (tertiary/aromatic N) is 3. The molecule has 0 bridgehead atoms. The maximum atomic E-state index is 11.0. The summed E-state index contributed by atoms with van der Waals surface area (Å²) in [6.45, 7) is 7.06. The van der Waals surface area contributed by atoms with Crippen molar-refractivity contribution in [2.24, 2.45) is 0 Å². The standard InChI is InChI=1S/C8H11NO2S.C7H9NS2.C6H7NO2.C3H8S.CH4/c1-12-6-2-5-9-7(10)3-4-8(9)11;1-2-9-10-7-5-3-4-6-8-7;1-2-7-5(8)3-4-6(7)9;1-3-4-2;/h3-4H,2,5-6H2,1H3;3-6H,2H2,1H3;3-4H,2H2,1H3;3H2,1-2H3;1H4. The fourth-order valence-corrected chi connectivity index (χ4v) is 4.18. The first-order chi connectivity index (χ1) is 16.9. The molecule has 0 aromatic carbocycles. The summed E-state index contributed by atoms with van der Waals surface area (Å²) in [7, 11) is 3.54. The fourth-order valence-electron chi connectivity index (χ4n) is 2.28. The first kappa shape index (κ1) is 36.5. The van der Waals surface area contributed by atoms with Crippen molar-refractivity contribution in [2.75, 3.05) is 42.9 Å². The van der Waals surface area contributed by atoms with Crippen molar-refractivity contribution in [3.05, 3.63) is 48.7 Å². The van der Waals surface area contributed by atoms with E-state index in [1.54, 1.807) is 29.5 Å². The first-order valence-corrected chi connectivity index (χ1v) is 16.2. The number of pyridine rings is 1. The summed E-state index contributed by atoms with van der Waals surface area (Å²) >= 11 is 3.57. The molecule has 7 nitrogen and oxygen atoms in total. The van der Waals surface area contributed by atoms with Gasteiger partial charge in [0.1, 0.15) is 5.03 Å². The van der Waals surface area contributed by atoms with E-state index in [0.29, 0.717) is 13.1 Å². The van der Waals surface area contributed by atoms with E-state index in [-0.39, 0.29) is 31.1 Å². The highest BCUT2D eigenvalue weighted by molar-refractivity contribution is 8.76. The van der Waals surface area contributed by atoms with Gasteiger partial charge in [-0.25, -0.2) is 4.98 Å². The van der Waals surface area contributed by atoms with E-state index in [1.165, 1.54) is 39.9 Å². The largest absolute Gasteiger partial charge is 0.276 e. The van der Waals surface area contributed by atoms with E-state index < -0.39 is 0 Å². The Balaban J connectivity index is 0. The maximum Gasteiger partial charge on any atom is 0.253 e. The molecule has 0 unspecified atom stereocenters. The van der Waals surface area contributed by atoms with Crippen molar-refractivity contribution >= 4 is 68.7 Å². The summed E-state index contributed by atoms with van der Waals surface area (Å²) in [5.74, 6) is 2.57. The summed E-state index contributed by atoms with van der Waals surface area (Å²) < 4.78 is 0. The number of hydrogen-bond acceptors (Lipinski definition) is 9. The van der Waals surface area contributed by atoms with E-state index in [4.69, 9.17) is 0 Å². The maximum absolute atomic E-state index is 11.0. The molecule has 4 amide bonds. The van der Waals surface area contributed by atoms with Crippen LogP contribution >= 0.6 is 45.1 Å². The molecule has 0 saturated carbocycles. The quantitative estimate of drug-likeness (QED) is 0.218. The molecule has 0 atom stereocenters. The van der Waals surface area contributed by atoms with E-state index in [1.807, 2.05) is 53.2 Å². The minimum atomic E-state index is -0.206. The van der Waals surface area contributed by atoms with Crippen LogP contribution in [-0.4, -0.2) is 81.3 Å². The second-order valence-electron chi connectivity index (χ2n) is 6.50. The van der Waals surface area contributed by atoms with Gasteiger partial charge in [-0.1, -0.05) is 38.1 Å². The highest BCUT2D eigenvalue weighted by atomic mass is 33.1. The second kappa shape index (κ2) is 23.7. The Hall–Kier alpha value is -1.69. The van der Waals surface area contributed by atoms with Crippen molar-refractivity contribution in [1.82, 2.24) is 14.8 Å². The molecule has 2 aliphatic rings. The number of thioether (sulfide) groups is 2. The van der Waals surface area contributed by atoms with Crippen LogP contribution in [0.2, 0.25) is 0 Å². The van der Waals surface area contributed by atoms with E-state index in [0.717, 1.165) is 23.0 Å². The smallest absolute Gasteiger partial charge is 0.253 e. The molecule has 1 aromatic heterocycles. The highest BCUT2D eigenvalue weighted by Gasteiger charge is 2.22. The van der Waals surface area contributed by atoms with E-state index in [2.05, 4.69) is 25.1 Å². The van der Waals surface area contributed by atoms with Crippen molar-refractivity contribution in [3.63, 3.8) is 0 Å². The number of rotatable bonds is 9. The molecule has 36 heavy (non-hydrogen) atoms. The van der Waals surface area contributed by atoms with Gasteiger partial charge in [-0.05, 0) is 60.3 Å². The normalized spacial score (nSPS) is 13.4. The number of carbonyl (C=O) groups excluding carboxylic acids is 4. The fraction of sp³-hybridized carbons (Fsp3) is 0.480. The van der Waals surface area contributed by atoms with E-state index >= 15 is 0 Å². The topological polar surface area (TPSA) is 87.7 Å². The van der Waals surface area contributed by atoms with Crippen molar-refractivity contribution in [3.8, 4) is 0 Å². The van der Waals surface area contributed by atoms with Gasteiger partial charge in [-0.15, -0.1) is 0 Å². The Kier molecular flexibility index (Phi) is 24.0. The molecule has 0 N–H and O–H groups in total. The van der Waals surface area contributed by atoms with Gasteiger partial charge in [0, 0.05) is 49.3 Å². The molecule has 3 rings (SSSR count). The first-order valence-electron chi connectivity index (χ1n) is 11.1. The number of aromatic nitrogens is 1. The van der Waals surface area contributed by atoms with Crippen LogP contribution in [0.3, 0.4) is 0 Å². The minimum absolute atomic E-state index is 0. The zero-order valence-electron chi connectivity index (χ0n) is 21.0. The van der Waals surface area contributed by atoms with Gasteiger partial charge in [-0.3, -0.25) is 29.0 Å². The van der Waals surface area contributed by atoms with Crippen molar-refractivity contribution in [1.29, 1.82) is 0 Å². The Labute approximate surface area is 233 Å². The van der Waals surface area contributed by atoms with Gasteiger partial charge >= 0.3 is 0 Å². The third-order valence-corrected chi connectivity index (χ3v) is 7.65. The summed E-state index contributed by atoms with van der Waals surface area (Å²) in [5, 5.41) is 1.09. The number of amides is 4. The predicted octanol–water partition coefficient (Wildman–Crippen LogP) is 5.44. The number of hydrogen-bond donors (Lipinski definition) is 0. The van der Waals surface area contributed by atoms with Crippen LogP contribution in [0.25, 0.3) is 0 Å². The SMILES string of the molecule is C.CCN1C(=O)C=CC1=O.CCSC.CCSSc1ccccn1.CSCCCN1C(=O)C=CC1=O. The summed E-state index contributed by atoms with van der Waals surface area (Å²) in [4.78, 5) is 49.9. The van der Waals surface area contributed by atoms with Crippen LogP contribution in [0.5, 0.6) is 0 Å². The Morgan fingerprint density at radius 3 is 1.67 bits per heavy atom. The van der Waals surface area contributed by atoms with Gasteiger partial charge in [0.15, 0.2) is 0 Å². The molecule has 3 heterocycles. The van der Waals surface area contributed by atoms with Gasteiger partial charge in [-0.2, -0.15) is 23.5 Å². The lowest BCUT2D eigenvalue weighted by Crippen LogP contribution is -2.31. The average molecular weight is 574 g/mol. The minimum Gasteiger partial charge on any atom is -0.276 e. The predicted molar refractivity (Wildman–Crippen MR) is 159 cm³/mol. The van der Waals surface area contributed by atoms with Gasteiger partial charge < -0.3 is 0 Å². The molecule has 1 aromatic rings. The van der Waals surface area contributed by atoms with Gasteiger partial charge in [0.25, 0.3) is 23.6 Å². The van der Waals surface area contributed by atoms with Crippen LogP contribution < -0.4 is 0 Å². The molecular formula is C25H39N3O4S4. The monoisotopic (exact) mass is 573 g/mol. The zero-order valence-corrected chi connectivity index (χ0v) is 24.2. The molecule has 0 spiro atoms. The van der Waals surface area contributed by atoms with Crippen LogP contribution in [-0.2, 0) is 19.2 Å². The molecule has 0 radical (unpaired) electrons. The van der Waals surface area contributed by atoms with Crippen LogP contribution in [0.1, 0.15) is 34.6 Å². The summed E-state index contributed by atoms with van der Waals surface area (Å²) in [6.07, 6.45) is 12.0. The Bertz CT molecular complexity index is 798. The molecule has 0 aliphatic carbocycles. The van der Waals surface area contributed by atoms with Gasteiger partial charge in [0.05, 0.1) is 0 Å². The third kappa shape index (κ3) is 16.1. The van der Waals surface area contributed by atoms with Gasteiger partial charge in [0.2, 0.25) is 0 Å². The van der Waals surface area contributed by atoms with Crippen molar-refractivity contribution in [2.45, 2.75) is 39.6 Å². The average Bonchev–Trinajstić information content (AvgIpc) is 3.38. The summed E-state index contributed by atoms with van der Waals surface area (Å²) in [5.41, 5.74) is 0. The lowest BCUT2D eigenvalue weighted by atomic mass is 10.4. The Morgan fingerprint density at radius 1 is 0.778 bits per heavy atom. The lowest BCUT2D eigenvalue weighted by molar-refractivity contribution is -0.138. The number of carbonyl (C=O) groups is 4.